The molecule has 0 amide bonds. The van der Waals surface area contributed by atoms with Crippen LogP contribution in [0.25, 0.3) is 9.65 Å². The Hall–Kier alpha value is -0.591. The van der Waals surface area contributed by atoms with Gasteiger partial charge in [-0.15, -0.1) is 0 Å². The van der Waals surface area contributed by atoms with E-state index in [0.717, 1.165) is 6.42 Å². The van der Waals surface area contributed by atoms with Crippen molar-refractivity contribution in [3.8, 4) is 0 Å². The van der Waals surface area contributed by atoms with Gasteiger partial charge in [-0.3, -0.25) is 0 Å². The first-order valence-corrected chi connectivity index (χ1v) is 5.37. The minimum atomic E-state index is 0.363. The number of hydrogen-bond acceptors (Lipinski definition) is 1. The van der Waals surface area contributed by atoms with Crippen LogP contribution in [0.5, 0.6) is 0 Å². The fourth-order valence-corrected chi connectivity index (χ4v) is 3.00. The molecule has 56 valence electrons. The third kappa shape index (κ3) is 1.13. The fraction of sp³-hybridized carbons (Fsp3) is 0.222. The maximum absolute atomic E-state index is 4.50. The first-order valence-electron chi connectivity index (χ1n) is 3.75. The molecule has 1 heterocycles. The van der Waals surface area contributed by atoms with E-state index >= 15 is 0 Å². The molecule has 1 aromatic carbocycles. The molecule has 0 N–H and O–H groups in total. The van der Waals surface area contributed by atoms with Crippen molar-refractivity contribution in [1.29, 1.82) is 0 Å². The molecule has 0 aliphatic rings. The second-order valence-corrected chi connectivity index (χ2v) is 4.17. The monoisotopic (exact) mass is 211 g/mol. The van der Waals surface area contributed by atoms with Gasteiger partial charge in [-0.2, -0.15) is 0 Å². The average Bonchev–Trinajstić information content (AvgIpc) is 2.47. The van der Waals surface area contributed by atoms with Crippen LogP contribution in [0.15, 0.2) is 24.3 Å². The summed E-state index contributed by atoms with van der Waals surface area (Å²) in [7, 11) is 0. The predicted octanol–water partition coefficient (Wildman–Crippen LogP) is 1.85. The summed E-state index contributed by atoms with van der Waals surface area (Å²) < 4.78 is 5.94. The van der Waals surface area contributed by atoms with Gasteiger partial charge in [-0.1, -0.05) is 0 Å². The third-order valence-corrected chi connectivity index (χ3v) is 3.60. The number of hydrogen-bond donors (Lipinski definition) is 0. The minimum absolute atomic E-state index is 0.363. The van der Waals surface area contributed by atoms with Crippen molar-refractivity contribution >= 4 is 24.4 Å². The van der Waals surface area contributed by atoms with Crippen LogP contribution in [0, 0.1) is 0 Å². The van der Waals surface area contributed by atoms with E-state index in [4.69, 9.17) is 0 Å². The SMILES string of the molecule is CCc1n[se]c2ccccc12. The van der Waals surface area contributed by atoms with Crippen molar-refractivity contribution in [3.05, 3.63) is 30.0 Å². The molecule has 1 nitrogen and oxygen atoms in total. The molecular weight excluding hydrogens is 201 g/mol. The van der Waals surface area contributed by atoms with Crippen molar-refractivity contribution in [2.75, 3.05) is 0 Å². The maximum atomic E-state index is 4.50. The first-order chi connectivity index (χ1) is 5.42. The number of nitrogens with zero attached hydrogens (tertiary/aromatic N) is 1. The van der Waals surface area contributed by atoms with Crippen LogP contribution < -0.4 is 0 Å². The second-order valence-electron chi connectivity index (χ2n) is 2.48. The Kier molecular flexibility index (Phi) is 1.80. The van der Waals surface area contributed by atoms with Gasteiger partial charge in [-0.25, -0.2) is 0 Å². The van der Waals surface area contributed by atoms with Crippen LogP contribution in [0.2, 0.25) is 0 Å². The molecule has 0 aliphatic carbocycles. The summed E-state index contributed by atoms with van der Waals surface area (Å²) in [6.07, 6.45) is 1.07. The molecular formula is C9H9NSe. The van der Waals surface area contributed by atoms with Crippen LogP contribution in [0.1, 0.15) is 12.6 Å². The average molecular weight is 210 g/mol. The Morgan fingerprint density at radius 2 is 2.18 bits per heavy atom. The van der Waals surface area contributed by atoms with Gasteiger partial charge >= 0.3 is 71.7 Å². The molecule has 1 aromatic heterocycles. The van der Waals surface area contributed by atoms with Crippen LogP contribution >= 0.6 is 0 Å². The molecule has 2 aromatic rings. The zero-order valence-corrected chi connectivity index (χ0v) is 8.09. The summed E-state index contributed by atoms with van der Waals surface area (Å²) in [6.45, 7) is 2.16. The molecule has 0 unspecified atom stereocenters. The van der Waals surface area contributed by atoms with E-state index in [1.54, 1.807) is 0 Å². The zero-order valence-electron chi connectivity index (χ0n) is 6.37. The summed E-state index contributed by atoms with van der Waals surface area (Å²) in [5.41, 5.74) is 1.29. The van der Waals surface area contributed by atoms with Gasteiger partial charge in [0.1, 0.15) is 0 Å². The van der Waals surface area contributed by atoms with E-state index in [-0.39, 0.29) is 0 Å². The van der Waals surface area contributed by atoms with Crippen LogP contribution in [0.3, 0.4) is 0 Å². The van der Waals surface area contributed by atoms with Crippen LogP contribution in [0.4, 0.5) is 0 Å². The third-order valence-electron chi connectivity index (χ3n) is 1.79. The van der Waals surface area contributed by atoms with E-state index in [9.17, 15) is 0 Å². The van der Waals surface area contributed by atoms with Crippen molar-refractivity contribution < 1.29 is 0 Å². The van der Waals surface area contributed by atoms with E-state index in [1.807, 2.05) is 0 Å². The van der Waals surface area contributed by atoms with Gasteiger partial charge in [0.05, 0.1) is 0 Å². The molecule has 0 radical (unpaired) electrons. The second kappa shape index (κ2) is 2.80. The summed E-state index contributed by atoms with van der Waals surface area (Å²) in [6, 6.07) is 8.54. The van der Waals surface area contributed by atoms with Crippen molar-refractivity contribution in [2.24, 2.45) is 0 Å². The molecule has 0 aliphatic heterocycles. The van der Waals surface area contributed by atoms with Gasteiger partial charge in [0.15, 0.2) is 0 Å². The zero-order chi connectivity index (χ0) is 7.68. The summed E-state index contributed by atoms with van der Waals surface area (Å²) in [4.78, 5) is 0. The summed E-state index contributed by atoms with van der Waals surface area (Å²) >= 11 is 0.363. The van der Waals surface area contributed by atoms with Gasteiger partial charge < -0.3 is 0 Å². The Bertz CT molecular complexity index is 364. The normalized spacial score (nSPS) is 10.6. The molecule has 0 fully saturated rings. The molecule has 0 atom stereocenters. The van der Waals surface area contributed by atoms with Gasteiger partial charge in [-0.05, 0) is 0 Å². The molecule has 0 spiro atoms. The standard InChI is InChI=1S/C9H9NSe/c1-2-8-7-5-3-4-6-9(7)11-10-8/h3-6H,2H2,1H3. The molecule has 11 heavy (non-hydrogen) atoms. The number of aryl methyl sites for hydroxylation is 1. The van der Waals surface area contributed by atoms with Crippen molar-refractivity contribution in [3.63, 3.8) is 0 Å². The van der Waals surface area contributed by atoms with E-state index in [1.165, 1.54) is 15.3 Å². The van der Waals surface area contributed by atoms with E-state index in [2.05, 4.69) is 35.2 Å². The predicted molar refractivity (Wildman–Crippen MR) is 48.1 cm³/mol. The Morgan fingerprint density at radius 3 is 3.00 bits per heavy atom. The van der Waals surface area contributed by atoms with Gasteiger partial charge in [0.25, 0.3) is 0 Å². The van der Waals surface area contributed by atoms with Crippen molar-refractivity contribution in [2.45, 2.75) is 13.3 Å². The summed E-state index contributed by atoms with van der Waals surface area (Å²) in [5, 5.41) is 1.38. The number of benzene rings is 1. The number of aromatic nitrogens is 1. The Labute approximate surface area is 72.0 Å². The van der Waals surface area contributed by atoms with Crippen LogP contribution in [-0.2, 0) is 6.42 Å². The Balaban J connectivity index is 2.76. The van der Waals surface area contributed by atoms with E-state index in [0.29, 0.717) is 14.7 Å². The van der Waals surface area contributed by atoms with Crippen molar-refractivity contribution in [1.82, 2.24) is 3.98 Å². The number of rotatable bonds is 1. The quantitative estimate of drug-likeness (QED) is 0.654. The van der Waals surface area contributed by atoms with Crippen LogP contribution in [-0.4, -0.2) is 18.7 Å². The fourth-order valence-electron chi connectivity index (χ4n) is 1.19. The molecule has 2 rings (SSSR count). The molecule has 0 saturated carbocycles. The first kappa shape index (κ1) is 7.08. The topological polar surface area (TPSA) is 12.9 Å². The van der Waals surface area contributed by atoms with Gasteiger partial charge in [0, 0.05) is 0 Å². The number of fused-ring (bicyclic) bond motifs is 1. The summed E-state index contributed by atoms with van der Waals surface area (Å²) in [5.74, 6) is 0. The molecule has 0 saturated heterocycles. The Morgan fingerprint density at radius 1 is 1.36 bits per heavy atom. The molecule has 2 heteroatoms. The molecule has 0 bridgehead atoms. The van der Waals surface area contributed by atoms with E-state index < -0.39 is 0 Å². The van der Waals surface area contributed by atoms with Gasteiger partial charge in [0.2, 0.25) is 0 Å².